The van der Waals surface area contributed by atoms with Crippen molar-refractivity contribution in [3.8, 4) is 0 Å². The zero-order valence-electron chi connectivity index (χ0n) is 9.62. The number of hydrogen-bond acceptors (Lipinski definition) is 4. The molecule has 2 heterocycles. The Morgan fingerprint density at radius 1 is 1.69 bits per heavy atom. The van der Waals surface area contributed by atoms with Crippen molar-refractivity contribution in [1.29, 1.82) is 0 Å². The van der Waals surface area contributed by atoms with Crippen molar-refractivity contribution in [3.63, 3.8) is 0 Å². The van der Waals surface area contributed by atoms with Crippen molar-refractivity contribution < 1.29 is 9.32 Å². The van der Waals surface area contributed by atoms with Gasteiger partial charge >= 0.3 is 0 Å². The standard InChI is InChI=1S/C11H17N3O2/c1-11(2)5-3-6-12-9(11)10(15)13-8-4-7-16-14-8/h4,7,9,12H,3,5-6H2,1-2H3,(H,13,14,15). The second-order valence-electron chi connectivity index (χ2n) is 4.85. The van der Waals surface area contributed by atoms with Gasteiger partial charge in [-0.15, -0.1) is 0 Å². The summed E-state index contributed by atoms with van der Waals surface area (Å²) < 4.78 is 4.67. The molecule has 0 aliphatic carbocycles. The van der Waals surface area contributed by atoms with Crippen molar-refractivity contribution in [2.24, 2.45) is 5.41 Å². The van der Waals surface area contributed by atoms with Crippen LogP contribution >= 0.6 is 0 Å². The number of carbonyl (C=O) groups is 1. The first-order valence-corrected chi connectivity index (χ1v) is 5.54. The second kappa shape index (κ2) is 4.25. The summed E-state index contributed by atoms with van der Waals surface area (Å²) in [6.07, 6.45) is 3.60. The van der Waals surface area contributed by atoms with Crippen molar-refractivity contribution in [3.05, 3.63) is 12.3 Å². The van der Waals surface area contributed by atoms with Gasteiger partial charge in [-0.3, -0.25) is 4.79 Å². The van der Waals surface area contributed by atoms with Gasteiger partial charge in [-0.1, -0.05) is 19.0 Å². The summed E-state index contributed by atoms with van der Waals surface area (Å²) in [6.45, 7) is 5.10. The summed E-state index contributed by atoms with van der Waals surface area (Å²) in [4.78, 5) is 12.0. The quantitative estimate of drug-likeness (QED) is 0.795. The van der Waals surface area contributed by atoms with Crippen LogP contribution in [0.2, 0.25) is 0 Å². The van der Waals surface area contributed by atoms with E-state index in [-0.39, 0.29) is 17.4 Å². The molecule has 0 aromatic carbocycles. The minimum atomic E-state index is -0.169. The highest BCUT2D eigenvalue weighted by Crippen LogP contribution is 2.30. The van der Waals surface area contributed by atoms with E-state index in [1.165, 1.54) is 6.26 Å². The predicted octanol–water partition coefficient (Wildman–Crippen LogP) is 1.39. The molecule has 2 rings (SSSR count). The van der Waals surface area contributed by atoms with E-state index < -0.39 is 0 Å². The monoisotopic (exact) mass is 223 g/mol. The Labute approximate surface area is 94.6 Å². The lowest BCUT2D eigenvalue weighted by molar-refractivity contribution is -0.121. The van der Waals surface area contributed by atoms with Crippen LogP contribution in [0.5, 0.6) is 0 Å². The summed E-state index contributed by atoms with van der Waals surface area (Å²) in [6, 6.07) is 1.46. The molecule has 1 aromatic rings. The van der Waals surface area contributed by atoms with Gasteiger partial charge in [0.05, 0.1) is 6.04 Å². The Kier molecular flexibility index (Phi) is 2.96. The highest BCUT2D eigenvalue weighted by atomic mass is 16.5. The predicted molar refractivity (Wildman–Crippen MR) is 59.9 cm³/mol. The summed E-state index contributed by atoms with van der Waals surface area (Å²) in [7, 11) is 0. The average molecular weight is 223 g/mol. The van der Waals surface area contributed by atoms with Crippen LogP contribution in [-0.4, -0.2) is 23.7 Å². The first kappa shape index (κ1) is 11.1. The fourth-order valence-corrected chi connectivity index (χ4v) is 2.13. The molecule has 16 heavy (non-hydrogen) atoms. The van der Waals surface area contributed by atoms with E-state index in [0.29, 0.717) is 5.82 Å². The maximum Gasteiger partial charge on any atom is 0.243 e. The number of carbonyl (C=O) groups excluding carboxylic acids is 1. The largest absolute Gasteiger partial charge is 0.363 e. The van der Waals surface area contributed by atoms with Gasteiger partial charge in [0.2, 0.25) is 5.91 Å². The van der Waals surface area contributed by atoms with E-state index >= 15 is 0 Å². The molecule has 0 bridgehead atoms. The molecule has 1 fully saturated rings. The summed E-state index contributed by atoms with van der Waals surface area (Å²) in [5.74, 6) is 0.423. The third kappa shape index (κ3) is 2.24. The zero-order valence-corrected chi connectivity index (χ0v) is 9.62. The molecule has 1 amide bonds. The van der Waals surface area contributed by atoms with Crippen molar-refractivity contribution in [2.45, 2.75) is 32.7 Å². The second-order valence-corrected chi connectivity index (χ2v) is 4.85. The van der Waals surface area contributed by atoms with Crippen LogP contribution in [0.1, 0.15) is 26.7 Å². The highest BCUT2D eigenvalue weighted by Gasteiger charge is 2.37. The number of aromatic nitrogens is 1. The molecule has 1 atom stereocenters. The first-order chi connectivity index (χ1) is 7.59. The lowest BCUT2D eigenvalue weighted by Crippen LogP contribution is -2.53. The van der Waals surface area contributed by atoms with Gasteiger partial charge < -0.3 is 15.2 Å². The van der Waals surface area contributed by atoms with E-state index in [9.17, 15) is 4.79 Å². The summed E-state index contributed by atoms with van der Waals surface area (Å²) >= 11 is 0. The fraction of sp³-hybridized carbons (Fsp3) is 0.636. The Hall–Kier alpha value is -1.36. The van der Waals surface area contributed by atoms with Crippen molar-refractivity contribution >= 4 is 11.7 Å². The molecule has 1 aliphatic heterocycles. The van der Waals surface area contributed by atoms with Gasteiger partial charge in [0.1, 0.15) is 6.26 Å². The fourth-order valence-electron chi connectivity index (χ4n) is 2.13. The smallest absolute Gasteiger partial charge is 0.243 e. The molecular formula is C11H17N3O2. The molecular weight excluding hydrogens is 206 g/mol. The maximum absolute atomic E-state index is 12.0. The number of nitrogens with one attached hydrogen (secondary N) is 2. The van der Waals surface area contributed by atoms with Gasteiger partial charge in [0, 0.05) is 6.07 Å². The van der Waals surface area contributed by atoms with E-state index in [1.54, 1.807) is 6.07 Å². The Morgan fingerprint density at radius 3 is 3.12 bits per heavy atom. The van der Waals surface area contributed by atoms with Crippen LogP contribution in [-0.2, 0) is 4.79 Å². The first-order valence-electron chi connectivity index (χ1n) is 5.54. The topological polar surface area (TPSA) is 67.2 Å². The number of piperidine rings is 1. The van der Waals surface area contributed by atoms with E-state index in [0.717, 1.165) is 19.4 Å². The van der Waals surface area contributed by atoms with Gasteiger partial charge in [-0.05, 0) is 24.8 Å². The van der Waals surface area contributed by atoms with Crippen molar-refractivity contribution in [1.82, 2.24) is 10.5 Å². The maximum atomic E-state index is 12.0. The molecule has 1 aliphatic rings. The number of hydrogen-bond donors (Lipinski definition) is 2. The van der Waals surface area contributed by atoms with E-state index in [2.05, 4.69) is 34.2 Å². The number of amides is 1. The number of rotatable bonds is 2. The molecule has 88 valence electrons. The molecule has 5 heteroatoms. The number of nitrogens with zero attached hydrogens (tertiary/aromatic N) is 1. The molecule has 1 unspecified atom stereocenters. The van der Waals surface area contributed by atoms with Gasteiger partial charge in [0.15, 0.2) is 5.82 Å². The van der Waals surface area contributed by atoms with Crippen LogP contribution in [0.4, 0.5) is 5.82 Å². The summed E-state index contributed by atoms with van der Waals surface area (Å²) in [5.41, 5.74) is -0.0218. The molecule has 0 saturated carbocycles. The van der Waals surface area contributed by atoms with Crippen molar-refractivity contribution in [2.75, 3.05) is 11.9 Å². The lowest BCUT2D eigenvalue weighted by Gasteiger charge is -2.37. The Balaban J connectivity index is 2.03. The minimum Gasteiger partial charge on any atom is -0.363 e. The lowest BCUT2D eigenvalue weighted by atomic mass is 9.77. The normalized spacial score (nSPS) is 24.0. The molecule has 1 aromatic heterocycles. The van der Waals surface area contributed by atoms with Crippen LogP contribution in [0.15, 0.2) is 16.9 Å². The van der Waals surface area contributed by atoms with E-state index in [1.807, 2.05) is 0 Å². The molecule has 0 spiro atoms. The van der Waals surface area contributed by atoms with Gasteiger partial charge in [-0.2, -0.15) is 0 Å². The van der Waals surface area contributed by atoms with Gasteiger partial charge in [0.25, 0.3) is 0 Å². The van der Waals surface area contributed by atoms with Crippen LogP contribution in [0, 0.1) is 5.41 Å². The zero-order chi connectivity index (χ0) is 11.6. The average Bonchev–Trinajstić information content (AvgIpc) is 2.69. The molecule has 5 nitrogen and oxygen atoms in total. The third-order valence-electron chi connectivity index (χ3n) is 3.08. The number of anilines is 1. The van der Waals surface area contributed by atoms with Crippen LogP contribution in [0.3, 0.4) is 0 Å². The molecule has 2 N–H and O–H groups in total. The minimum absolute atomic E-state index is 0.0218. The molecule has 1 saturated heterocycles. The summed E-state index contributed by atoms with van der Waals surface area (Å²) in [5, 5.41) is 9.66. The highest BCUT2D eigenvalue weighted by molar-refractivity contribution is 5.94. The van der Waals surface area contributed by atoms with Gasteiger partial charge in [-0.25, -0.2) is 0 Å². The Morgan fingerprint density at radius 2 is 2.50 bits per heavy atom. The Bertz CT molecular complexity index is 359. The van der Waals surface area contributed by atoms with E-state index in [4.69, 9.17) is 0 Å². The van der Waals surface area contributed by atoms with Crippen LogP contribution < -0.4 is 10.6 Å². The SMILES string of the molecule is CC1(C)CCCNC1C(=O)Nc1ccon1. The molecule has 0 radical (unpaired) electrons. The third-order valence-corrected chi connectivity index (χ3v) is 3.08. The van der Waals surface area contributed by atoms with Crippen LogP contribution in [0.25, 0.3) is 0 Å².